The molecule has 0 atom stereocenters. The summed E-state index contributed by atoms with van der Waals surface area (Å²) in [5.74, 6) is 0.413. The fourth-order valence-electron chi connectivity index (χ4n) is 1.99. The molecule has 3 nitrogen and oxygen atoms in total. The molecule has 0 saturated carbocycles. The topological polar surface area (TPSA) is 53.2 Å². The van der Waals surface area contributed by atoms with E-state index in [2.05, 4.69) is 12.1 Å². The van der Waals surface area contributed by atoms with Gasteiger partial charge in [0.25, 0.3) is 0 Å². The number of aryl methyl sites for hydroxylation is 2. The first kappa shape index (κ1) is 12.5. The summed E-state index contributed by atoms with van der Waals surface area (Å²) in [6.07, 6.45) is 0. The summed E-state index contributed by atoms with van der Waals surface area (Å²) in [4.78, 5) is 2.13. The minimum absolute atomic E-state index is 0.0527. The van der Waals surface area contributed by atoms with Crippen LogP contribution in [0.1, 0.15) is 16.0 Å². The summed E-state index contributed by atoms with van der Waals surface area (Å²) in [6, 6.07) is 7.30. The summed E-state index contributed by atoms with van der Waals surface area (Å²) < 4.78 is 5.24. The molecule has 2 aromatic rings. The number of rotatable bonds is 2. The molecule has 0 aliphatic heterocycles. The fraction of sp³-hybridized carbons (Fsp3) is 0.214. The Morgan fingerprint density at radius 3 is 2.56 bits per heavy atom. The number of benzene rings is 1. The quantitative estimate of drug-likeness (QED) is 0.896. The number of hydrogen-bond acceptors (Lipinski definition) is 4. The predicted molar refractivity (Wildman–Crippen MR) is 72.2 cm³/mol. The maximum absolute atomic E-state index is 9.84. The van der Waals surface area contributed by atoms with Gasteiger partial charge in [0, 0.05) is 9.75 Å². The highest BCUT2D eigenvalue weighted by Gasteiger charge is 2.19. The van der Waals surface area contributed by atoms with Crippen LogP contribution in [0.3, 0.4) is 0 Å². The second-order valence-electron chi connectivity index (χ2n) is 4.02. The number of aromatic hydroxyl groups is 1. The zero-order chi connectivity index (χ0) is 13.3. The second kappa shape index (κ2) is 4.71. The largest absolute Gasteiger partial charge is 0.504 e. The van der Waals surface area contributed by atoms with Gasteiger partial charge < -0.3 is 9.84 Å². The number of hydrogen-bond donors (Lipinski definition) is 1. The minimum atomic E-state index is 0.0527. The van der Waals surface area contributed by atoms with E-state index < -0.39 is 0 Å². The molecule has 0 amide bonds. The van der Waals surface area contributed by atoms with Crippen molar-refractivity contribution in [3.8, 4) is 28.0 Å². The first-order valence-corrected chi connectivity index (χ1v) is 6.27. The molecule has 18 heavy (non-hydrogen) atoms. The van der Waals surface area contributed by atoms with E-state index in [-0.39, 0.29) is 5.75 Å². The number of nitriles is 1. The van der Waals surface area contributed by atoms with E-state index >= 15 is 0 Å². The first-order chi connectivity index (χ1) is 8.58. The Bertz CT molecular complexity index is 638. The zero-order valence-corrected chi connectivity index (χ0v) is 11.3. The molecule has 0 fully saturated rings. The van der Waals surface area contributed by atoms with E-state index in [0.29, 0.717) is 16.9 Å². The lowest BCUT2D eigenvalue weighted by Gasteiger charge is -2.11. The SMILES string of the molecule is COc1c(O)ccc(C#N)c1-c1sc(C)cc1C. The minimum Gasteiger partial charge on any atom is -0.504 e. The van der Waals surface area contributed by atoms with Crippen LogP contribution in [0.15, 0.2) is 18.2 Å². The van der Waals surface area contributed by atoms with Crippen molar-refractivity contribution < 1.29 is 9.84 Å². The highest BCUT2D eigenvalue weighted by atomic mass is 32.1. The molecule has 0 bridgehead atoms. The van der Waals surface area contributed by atoms with Gasteiger partial charge in [0.2, 0.25) is 0 Å². The summed E-state index contributed by atoms with van der Waals surface area (Å²) >= 11 is 1.59. The molecule has 0 unspecified atom stereocenters. The molecule has 1 aromatic heterocycles. The van der Waals surface area contributed by atoms with Gasteiger partial charge in [-0.2, -0.15) is 5.26 Å². The van der Waals surface area contributed by atoms with Gasteiger partial charge in [-0.1, -0.05) is 0 Å². The van der Waals surface area contributed by atoms with E-state index in [1.807, 2.05) is 13.8 Å². The average molecular weight is 259 g/mol. The van der Waals surface area contributed by atoms with Gasteiger partial charge in [0.1, 0.15) is 0 Å². The molecular formula is C14H13NO2S. The molecule has 1 heterocycles. The molecule has 0 spiro atoms. The highest BCUT2D eigenvalue weighted by Crippen LogP contribution is 2.44. The standard InChI is InChI=1S/C14H13NO2S/c1-8-6-9(2)18-14(8)12-10(7-15)4-5-11(16)13(12)17-3/h4-6,16H,1-3H3. The molecule has 4 heteroatoms. The molecule has 92 valence electrons. The molecular weight excluding hydrogens is 246 g/mol. The van der Waals surface area contributed by atoms with Gasteiger partial charge in [-0.15, -0.1) is 11.3 Å². The van der Waals surface area contributed by atoms with E-state index in [1.54, 1.807) is 17.4 Å². The molecule has 0 aliphatic rings. The maximum atomic E-state index is 9.84. The Kier molecular flexibility index (Phi) is 3.26. The van der Waals surface area contributed by atoms with Gasteiger partial charge in [-0.05, 0) is 37.6 Å². The third kappa shape index (κ3) is 1.93. The van der Waals surface area contributed by atoms with Crippen molar-refractivity contribution >= 4 is 11.3 Å². The van der Waals surface area contributed by atoms with Crippen LogP contribution in [0.5, 0.6) is 11.5 Å². The van der Waals surface area contributed by atoms with Crippen molar-refractivity contribution in [3.63, 3.8) is 0 Å². The Labute approximate surface area is 110 Å². The number of thiophene rings is 1. The van der Waals surface area contributed by atoms with Gasteiger partial charge in [-0.3, -0.25) is 0 Å². The van der Waals surface area contributed by atoms with Gasteiger partial charge in [-0.25, -0.2) is 0 Å². The van der Waals surface area contributed by atoms with E-state index in [9.17, 15) is 10.4 Å². The summed E-state index contributed by atoms with van der Waals surface area (Å²) in [7, 11) is 1.50. The van der Waals surface area contributed by atoms with E-state index in [0.717, 1.165) is 15.3 Å². The van der Waals surface area contributed by atoms with Crippen LogP contribution in [0.25, 0.3) is 10.4 Å². The summed E-state index contributed by atoms with van der Waals surface area (Å²) in [5.41, 5.74) is 2.27. The monoisotopic (exact) mass is 259 g/mol. The lowest BCUT2D eigenvalue weighted by Crippen LogP contribution is -1.92. The third-order valence-electron chi connectivity index (χ3n) is 2.73. The van der Waals surface area contributed by atoms with Crippen LogP contribution in [0.2, 0.25) is 0 Å². The number of phenolic OH excluding ortho intramolecular Hbond substituents is 1. The van der Waals surface area contributed by atoms with Crippen LogP contribution in [0.4, 0.5) is 0 Å². The number of ether oxygens (including phenoxy) is 1. The molecule has 0 saturated heterocycles. The molecule has 0 aliphatic carbocycles. The Hall–Kier alpha value is -1.99. The Balaban J connectivity index is 2.80. The number of nitrogens with zero attached hydrogens (tertiary/aromatic N) is 1. The van der Waals surface area contributed by atoms with E-state index in [1.165, 1.54) is 13.2 Å². The Morgan fingerprint density at radius 2 is 2.06 bits per heavy atom. The van der Waals surface area contributed by atoms with Crippen LogP contribution in [-0.4, -0.2) is 12.2 Å². The van der Waals surface area contributed by atoms with Crippen LogP contribution >= 0.6 is 11.3 Å². The molecule has 1 aromatic carbocycles. The molecule has 1 N–H and O–H groups in total. The summed E-state index contributed by atoms with van der Waals surface area (Å²) in [5, 5.41) is 19.0. The fourth-order valence-corrected chi connectivity index (χ4v) is 3.07. The zero-order valence-electron chi connectivity index (χ0n) is 10.4. The predicted octanol–water partition coefficient (Wildman–Crippen LogP) is 3.62. The van der Waals surface area contributed by atoms with Crippen LogP contribution < -0.4 is 4.74 Å². The van der Waals surface area contributed by atoms with Gasteiger partial charge >= 0.3 is 0 Å². The Morgan fingerprint density at radius 1 is 1.33 bits per heavy atom. The van der Waals surface area contributed by atoms with Crippen molar-refractivity contribution in [3.05, 3.63) is 34.2 Å². The smallest absolute Gasteiger partial charge is 0.170 e. The van der Waals surface area contributed by atoms with Crippen molar-refractivity contribution in [1.29, 1.82) is 5.26 Å². The van der Waals surface area contributed by atoms with E-state index in [4.69, 9.17) is 4.74 Å². The van der Waals surface area contributed by atoms with Crippen LogP contribution in [-0.2, 0) is 0 Å². The van der Waals surface area contributed by atoms with Gasteiger partial charge in [0.05, 0.1) is 24.3 Å². The highest BCUT2D eigenvalue weighted by molar-refractivity contribution is 7.15. The molecule has 0 radical (unpaired) electrons. The van der Waals surface area contributed by atoms with Crippen molar-refractivity contribution in [1.82, 2.24) is 0 Å². The number of phenols is 1. The lowest BCUT2D eigenvalue weighted by atomic mass is 10.0. The van der Waals surface area contributed by atoms with Crippen LogP contribution in [0, 0.1) is 25.2 Å². The number of methoxy groups -OCH3 is 1. The average Bonchev–Trinajstić information content (AvgIpc) is 2.67. The lowest BCUT2D eigenvalue weighted by molar-refractivity contribution is 0.375. The summed E-state index contributed by atoms with van der Waals surface area (Å²) in [6.45, 7) is 4.01. The molecule has 2 rings (SSSR count). The van der Waals surface area contributed by atoms with Gasteiger partial charge in [0.15, 0.2) is 11.5 Å². The maximum Gasteiger partial charge on any atom is 0.170 e. The third-order valence-corrected chi connectivity index (χ3v) is 3.90. The van der Waals surface area contributed by atoms with Crippen molar-refractivity contribution in [2.24, 2.45) is 0 Å². The van der Waals surface area contributed by atoms with Crippen molar-refractivity contribution in [2.75, 3.05) is 7.11 Å². The second-order valence-corrected chi connectivity index (χ2v) is 5.28. The first-order valence-electron chi connectivity index (χ1n) is 5.46. The van der Waals surface area contributed by atoms with Crippen molar-refractivity contribution in [2.45, 2.75) is 13.8 Å². The normalized spacial score (nSPS) is 10.1.